The third kappa shape index (κ3) is 4.05. The smallest absolute Gasteiger partial charge is 0.253 e. The van der Waals surface area contributed by atoms with Crippen molar-refractivity contribution >= 4 is 23.6 Å². The maximum atomic E-state index is 12.8. The van der Waals surface area contributed by atoms with Gasteiger partial charge >= 0.3 is 0 Å². The zero-order valence-corrected chi connectivity index (χ0v) is 16.1. The number of amides is 2. The lowest BCUT2D eigenvalue weighted by Gasteiger charge is -2.24. The molecule has 2 fully saturated rings. The van der Waals surface area contributed by atoms with Crippen LogP contribution in [0.1, 0.15) is 52.7 Å². The summed E-state index contributed by atoms with van der Waals surface area (Å²) in [6.07, 6.45) is 6.22. The number of rotatable bonds is 4. The molecule has 27 heavy (non-hydrogen) atoms. The first-order valence-corrected chi connectivity index (χ1v) is 10.6. The largest absolute Gasteiger partial charge is 0.467 e. The van der Waals surface area contributed by atoms with Crippen molar-refractivity contribution in [2.75, 3.05) is 18.8 Å². The fraction of sp³-hybridized carbons (Fsp3) is 0.429. The Hall–Kier alpha value is -2.21. The number of likely N-dealkylation sites (tertiary alicyclic amines) is 1. The minimum atomic E-state index is -0.0371. The molecule has 4 rings (SSSR count). The van der Waals surface area contributed by atoms with Gasteiger partial charge in [0.1, 0.15) is 11.1 Å². The molecule has 1 aromatic carbocycles. The topological polar surface area (TPSA) is 53.8 Å². The van der Waals surface area contributed by atoms with Crippen LogP contribution in [0.5, 0.6) is 0 Å². The Bertz CT molecular complexity index is 780. The van der Waals surface area contributed by atoms with Crippen LogP contribution >= 0.6 is 11.8 Å². The van der Waals surface area contributed by atoms with Gasteiger partial charge in [-0.25, -0.2) is 0 Å². The average molecular weight is 385 g/mol. The number of hydrogen-bond donors (Lipinski definition) is 0. The van der Waals surface area contributed by atoms with Crippen molar-refractivity contribution in [2.45, 2.75) is 37.6 Å². The Morgan fingerprint density at radius 1 is 1.07 bits per heavy atom. The number of nitrogens with zero attached hydrogens (tertiary/aromatic N) is 2. The van der Waals surface area contributed by atoms with Gasteiger partial charge in [-0.15, -0.1) is 11.8 Å². The van der Waals surface area contributed by atoms with Crippen molar-refractivity contribution < 1.29 is 14.0 Å². The molecule has 6 heteroatoms. The third-order valence-corrected chi connectivity index (χ3v) is 6.47. The SMILES string of the molecule is O=C(c1ccc([C@@H]2SCC(=O)N2Cc2ccco2)cc1)N1CCCCCC1. The van der Waals surface area contributed by atoms with E-state index in [1.807, 2.05) is 46.2 Å². The second-order valence-electron chi connectivity index (χ2n) is 7.09. The van der Waals surface area contributed by atoms with E-state index in [1.54, 1.807) is 18.0 Å². The highest BCUT2D eigenvalue weighted by Gasteiger charge is 2.33. The highest BCUT2D eigenvalue weighted by Crippen LogP contribution is 2.39. The van der Waals surface area contributed by atoms with Gasteiger partial charge in [-0.3, -0.25) is 9.59 Å². The number of benzene rings is 1. The normalized spacial score (nSPS) is 20.7. The summed E-state index contributed by atoms with van der Waals surface area (Å²) in [4.78, 5) is 28.9. The zero-order valence-electron chi connectivity index (χ0n) is 15.3. The number of carbonyl (C=O) groups is 2. The van der Waals surface area contributed by atoms with Gasteiger partial charge in [0, 0.05) is 18.7 Å². The molecule has 2 aromatic rings. The van der Waals surface area contributed by atoms with Crippen molar-refractivity contribution in [3.8, 4) is 0 Å². The van der Waals surface area contributed by atoms with Crippen LogP contribution in [0.25, 0.3) is 0 Å². The number of furan rings is 1. The molecule has 0 radical (unpaired) electrons. The zero-order chi connectivity index (χ0) is 18.6. The third-order valence-electron chi connectivity index (χ3n) is 5.21. The van der Waals surface area contributed by atoms with E-state index in [-0.39, 0.29) is 17.2 Å². The van der Waals surface area contributed by atoms with Crippen LogP contribution in [-0.2, 0) is 11.3 Å². The maximum absolute atomic E-state index is 12.8. The lowest BCUT2D eigenvalue weighted by molar-refractivity contribution is -0.128. The van der Waals surface area contributed by atoms with E-state index >= 15 is 0 Å². The van der Waals surface area contributed by atoms with Crippen LogP contribution < -0.4 is 0 Å². The molecule has 2 aliphatic rings. The minimum absolute atomic E-state index is 0.0371. The maximum Gasteiger partial charge on any atom is 0.253 e. The first-order valence-electron chi connectivity index (χ1n) is 9.55. The Kier molecular flexibility index (Phi) is 5.53. The monoisotopic (exact) mass is 384 g/mol. The molecular weight excluding hydrogens is 360 g/mol. The van der Waals surface area contributed by atoms with Crippen LogP contribution in [0.15, 0.2) is 47.1 Å². The fourth-order valence-corrected chi connectivity index (χ4v) is 4.91. The van der Waals surface area contributed by atoms with Gasteiger partial charge in [0.2, 0.25) is 5.91 Å². The van der Waals surface area contributed by atoms with Crippen molar-refractivity contribution in [3.05, 3.63) is 59.5 Å². The number of thioether (sulfide) groups is 1. The summed E-state index contributed by atoms with van der Waals surface area (Å²) >= 11 is 1.62. The highest BCUT2D eigenvalue weighted by atomic mass is 32.2. The minimum Gasteiger partial charge on any atom is -0.467 e. The second kappa shape index (κ2) is 8.21. The van der Waals surface area contributed by atoms with Gasteiger partial charge in [0.15, 0.2) is 0 Å². The lowest BCUT2D eigenvalue weighted by atomic mass is 10.1. The summed E-state index contributed by atoms with van der Waals surface area (Å²) in [6, 6.07) is 11.5. The van der Waals surface area contributed by atoms with E-state index in [1.165, 1.54) is 12.8 Å². The average Bonchev–Trinajstić information content (AvgIpc) is 3.24. The van der Waals surface area contributed by atoms with Gasteiger partial charge in [0.25, 0.3) is 5.91 Å². The Labute approximate surface area is 163 Å². The Morgan fingerprint density at radius 3 is 2.48 bits per heavy atom. The van der Waals surface area contributed by atoms with Crippen LogP contribution in [0, 0.1) is 0 Å². The fourth-order valence-electron chi connectivity index (χ4n) is 3.72. The summed E-state index contributed by atoms with van der Waals surface area (Å²) in [6.45, 7) is 2.17. The molecule has 1 aromatic heterocycles. The molecule has 0 aliphatic carbocycles. The summed E-state index contributed by atoms with van der Waals surface area (Å²) in [5, 5.41) is -0.0371. The molecule has 3 heterocycles. The molecule has 2 amide bonds. The highest BCUT2D eigenvalue weighted by molar-refractivity contribution is 8.00. The van der Waals surface area contributed by atoms with E-state index in [4.69, 9.17) is 4.42 Å². The van der Waals surface area contributed by atoms with E-state index in [9.17, 15) is 9.59 Å². The van der Waals surface area contributed by atoms with Gasteiger partial charge in [0.05, 0.1) is 18.6 Å². The van der Waals surface area contributed by atoms with Crippen molar-refractivity contribution in [1.82, 2.24) is 9.80 Å². The van der Waals surface area contributed by atoms with E-state index in [2.05, 4.69) is 0 Å². The number of carbonyl (C=O) groups excluding carboxylic acids is 2. The predicted molar refractivity (Wildman–Crippen MR) is 105 cm³/mol. The molecule has 142 valence electrons. The first kappa shape index (κ1) is 18.2. The van der Waals surface area contributed by atoms with Crippen molar-refractivity contribution in [2.24, 2.45) is 0 Å². The van der Waals surface area contributed by atoms with Crippen molar-refractivity contribution in [1.29, 1.82) is 0 Å². The first-order chi connectivity index (χ1) is 13.2. The van der Waals surface area contributed by atoms with E-state index < -0.39 is 0 Å². The molecule has 0 bridgehead atoms. The summed E-state index contributed by atoms with van der Waals surface area (Å²) in [5.74, 6) is 1.49. The molecule has 1 atom stereocenters. The van der Waals surface area contributed by atoms with Gasteiger partial charge in [-0.1, -0.05) is 25.0 Å². The van der Waals surface area contributed by atoms with Crippen LogP contribution in [-0.4, -0.2) is 40.5 Å². The summed E-state index contributed by atoms with van der Waals surface area (Å²) in [5.41, 5.74) is 1.78. The van der Waals surface area contributed by atoms with E-state index in [0.29, 0.717) is 12.3 Å². The number of hydrogen-bond acceptors (Lipinski definition) is 4. The Balaban J connectivity index is 1.47. The van der Waals surface area contributed by atoms with Crippen LogP contribution in [0.2, 0.25) is 0 Å². The molecule has 2 aliphatic heterocycles. The summed E-state index contributed by atoms with van der Waals surface area (Å²) in [7, 11) is 0. The van der Waals surface area contributed by atoms with Crippen LogP contribution in [0.4, 0.5) is 0 Å². The van der Waals surface area contributed by atoms with E-state index in [0.717, 1.165) is 42.8 Å². The molecule has 0 N–H and O–H groups in total. The van der Waals surface area contributed by atoms with Gasteiger partial charge in [-0.2, -0.15) is 0 Å². The molecule has 0 unspecified atom stereocenters. The molecule has 0 saturated carbocycles. The molecular formula is C21H24N2O3S. The summed E-state index contributed by atoms with van der Waals surface area (Å²) < 4.78 is 5.40. The standard InChI is InChI=1S/C21H24N2O3S/c24-19-15-27-21(23(19)14-18-6-5-13-26-18)17-9-7-16(8-10-17)20(25)22-11-3-1-2-4-12-22/h5-10,13,21H,1-4,11-12,14-15H2/t21-/m0/s1. The molecule has 5 nitrogen and oxygen atoms in total. The quantitative estimate of drug-likeness (QED) is 0.797. The van der Waals surface area contributed by atoms with Gasteiger partial charge in [-0.05, 0) is 42.7 Å². The van der Waals surface area contributed by atoms with Gasteiger partial charge < -0.3 is 14.2 Å². The molecule has 0 spiro atoms. The second-order valence-corrected chi connectivity index (χ2v) is 8.16. The van der Waals surface area contributed by atoms with Crippen LogP contribution in [0.3, 0.4) is 0 Å². The van der Waals surface area contributed by atoms with Crippen molar-refractivity contribution in [3.63, 3.8) is 0 Å². The lowest BCUT2D eigenvalue weighted by Crippen LogP contribution is -2.31. The predicted octanol–water partition coefficient (Wildman–Crippen LogP) is 4.07. The Morgan fingerprint density at radius 2 is 1.81 bits per heavy atom. The molecule has 2 saturated heterocycles.